The Labute approximate surface area is 80.0 Å². The molecule has 0 atom stereocenters. The van der Waals surface area contributed by atoms with Gasteiger partial charge < -0.3 is 4.90 Å². The summed E-state index contributed by atoms with van der Waals surface area (Å²) in [5.41, 5.74) is 2.37. The number of hydrogen-bond acceptors (Lipinski definition) is 1. The minimum absolute atomic E-state index is 1.18. The second kappa shape index (κ2) is 4.51. The van der Waals surface area contributed by atoms with Gasteiger partial charge in [-0.1, -0.05) is 30.9 Å². The Hall–Kier alpha value is -1.50. The van der Waals surface area contributed by atoms with Crippen LogP contribution in [0.2, 0.25) is 0 Å². The van der Waals surface area contributed by atoms with Gasteiger partial charge in [-0.25, -0.2) is 0 Å². The number of rotatable bonds is 3. The third-order valence-electron chi connectivity index (χ3n) is 2.03. The number of nitrogens with zero attached hydrogens (tertiary/aromatic N) is 1. The lowest BCUT2D eigenvalue weighted by Crippen LogP contribution is -2.13. The number of para-hydroxylation sites is 1. The molecular formula is C12H15N. The first-order chi connectivity index (χ1) is 6.25. The van der Waals surface area contributed by atoms with Crippen molar-refractivity contribution in [3.8, 4) is 0 Å². The third kappa shape index (κ3) is 2.48. The van der Waals surface area contributed by atoms with Crippen LogP contribution < -0.4 is 4.90 Å². The van der Waals surface area contributed by atoms with Gasteiger partial charge in [0.15, 0.2) is 0 Å². The van der Waals surface area contributed by atoms with Gasteiger partial charge in [0.05, 0.1) is 0 Å². The number of allylic oxidation sites excluding steroid dienone is 3. The summed E-state index contributed by atoms with van der Waals surface area (Å²) in [7, 11) is 2.05. The zero-order chi connectivity index (χ0) is 9.68. The van der Waals surface area contributed by atoms with Crippen molar-refractivity contribution in [3.05, 3.63) is 54.8 Å². The van der Waals surface area contributed by atoms with Gasteiger partial charge in [0, 0.05) is 18.4 Å². The van der Waals surface area contributed by atoms with E-state index < -0.39 is 0 Å². The summed E-state index contributed by atoms with van der Waals surface area (Å²) < 4.78 is 0. The molecule has 0 bridgehead atoms. The maximum atomic E-state index is 3.67. The van der Waals surface area contributed by atoms with Crippen LogP contribution in [0.25, 0.3) is 0 Å². The predicted octanol–water partition coefficient (Wildman–Crippen LogP) is 3.21. The lowest BCUT2D eigenvalue weighted by molar-refractivity contribution is 1.09. The molecule has 0 amide bonds. The van der Waals surface area contributed by atoms with E-state index in [-0.39, 0.29) is 0 Å². The van der Waals surface area contributed by atoms with E-state index in [0.29, 0.717) is 0 Å². The van der Waals surface area contributed by atoms with Crippen LogP contribution in [-0.2, 0) is 0 Å². The van der Waals surface area contributed by atoms with Crippen molar-refractivity contribution in [2.24, 2.45) is 0 Å². The molecule has 0 spiro atoms. The van der Waals surface area contributed by atoms with Crippen LogP contribution in [0, 0.1) is 0 Å². The van der Waals surface area contributed by atoms with Crippen molar-refractivity contribution in [1.29, 1.82) is 0 Å². The van der Waals surface area contributed by atoms with Crippen LogP contribution in [0.15, 0.2) is 54.8 Å². The molecule has 1 aromatic carbocycles. The molecule has 0 N–H and O–H groups in total. The van der Waals surface area contributed by atoms with E-state index in [1.165, 1.54) is 11.4 Å². The fraction of sp³-hybridized carbons (Fsp3) is 0.167. The second-order valence-electron chi connectivity index (χ2n) is 2.94. The molecule has 0 saturated heterocycles. The smallest absolute Gasteiger partial charge is 0.0405 e. The molecule has 13 heavy (non-hydrogen) atoms. The molecule has 0 aromatic heterocycles. The fourth-order valence-corrected chi connectivity index (χ4v) is 1.14. The van der Waals surface area contributed by atoms with E-state index in [0.717, 1.165) is 0 Å². The molecule has 0 aliphatic rings. The average molecular weight is 173 g/mol. The first-order valence-corrected chi connectivity index (χ1v) is 4.34. The molecule has 0 aliphatic heterocycles. The Morgan fingerprint density at radius 3 is 2.46 bits per heavy atom. The van der Waals surface area contributed by atoms with Crippen molar-refractivity contribution in [2.75, 3.05) is 11.9 Å². The number of anilines is 1. The molecule has 68 valence electrons. The highest BCUT2D eigenvalue weighted by molar-refractivity contribution is 5.50. The van der Waals surface area contributed by atoms with Gasteiger partial charge in [0.25, 0.3) is 0 Å². The monoisotopic (exact) mass is 173 g/mol. The first-order valence-electron chi connectivity index (χ1n) is 4.34. The van der Waals surface area contributed by atoms with Crippen molar-refractivity contribution in [3.63, 3.8) is 0 Å². The van der Waals surface area contributed by atoms with E-state index in [4.69, 9.17) is 0 Å². The molecular weight excluding hydrogens is 158 g/mol. The zero-order valence-electron chi connectivity index (χ0n) is 8.20. The summed E-state index contributed by atoms with van der Waals surface area (Å²) in [5.74, 6) is 0. The highest BCUT2D eigenvalue weighted by Gasteiger charge is 1.99. The SMILES string of the molecule is C=C/C=C(/C)N(C)c1ccccc1. The van der Waals surface area contributed by atoms with Crippen LogP contribution in [0.3, 0.4) is 0 Å². The van der Waals surface area contributed by atoms with Gasteiger partial charge in [-0.2, -0.15) is 0 Å². The molecule has 0 aliphatic carbocycles. The quantitative estimate of drug-likeness (QED) is 0.634. The Balaban J connectivity index is 2.85. The maximum absolute atomic E-state index is 3.67. The van der Waals surface area contributed by atoms with Crippen LogP contribution in [-0.4, -0.2) is 7.05 Å². The van der Waals surface area contributed by atoms with Crippen molar-refractivity contribution in [2.45, 2.75) is 6.92 Å². The van der Waals surface area contributed by atoms with Crippen molar-refractivity contribution >= 4 is 5.69 Å². The summed E-state index contributed by atoms with van der Waals surface area (Å²) >= 11 is 0. The van der Waals surface area contributed by atoms with E-state index in [9.17, 15) is 0 Å². The van der Waals surface area contributed by atoms with Crippen LogP contribution >= 0.6 is 0 Å². The van der Waals surface area contributed by atoms with E-state index in [2.05, 4.69) is 30.5 Å². The van der Waals surface area contributed by atoms with Gasteiger partial charge in [-0.3, -0.25) is 0 Å². The molecule has 0 radical (unpaired) electrons. The highest BCUT2D eigenvalue weighted by atomic mass is 15.1. The van der Waals surface area contributed by atoms with Gasteiger partial charge in [-0.15, -0.1) is 0 Å². The first kappa shape index (κ1) is 9.59. The van der Waals surface area contributed by atoms with Crippen LogP contribution in [0.4, 0.5) is 5.69 Å². The summed E-state index contributed by atoms with van der Waals surface area (Å²) in [5, 5.41) is 0. The molecule has 0 unspecified atom stereocenters. The normalized spacial score (nSPS) is 11.1. The standard InChI is InChI=1S/C12H15N/c1-4-8-11(2)13(3)12-9-6-5-7-10-12/h4-10H,1H2,2-3H3/b11-8-. The van der Waals surface area contributed by atoms with Crippen molar-refractivity contribution < 1.29 is 0 Å². The largest absolute Gasteiger partial charge is 0.348 e. The number of hydrogen-bond donors (Lipinski definition) is 0. The Morgan fingerprint density at radius 2 is 1.92 bits per heavy atom. The summed E-state index contributed by atoms with van der Waals surface area (Å²) in [6.45, 7) is 5.74. The Kier molecular flexibility index (Phi) is 3.32. The Bertz CT molecular complexity index is 298. The lowest BCUT2D eigenvalue weighted by atomic mass is 10.3. The molecule has 1 nitrogen and oxygen atoms in total. The predicted molar refractivity (Wildman–Crippen MR) is 58.8 cm³/mol. The molecule has 0 heterocycles. The minimum Gasteiger partial charge on any atom is -0.348 e. The van der Waals surface area contributed by atoms with Crippen LogP contribution in [0.1, 0.15) is 6.92 Å². The van der Waals surface area contributed by atoms with Gasteiger partial charge >= 0.3 is 0 Å². The maximum Gasteiger partial charge on any atom is 0.0405 e. The fourth-order valence-electron chi connectivity index (χ4n) is 1.14. The van der Waals surface area contributed by atoms with E-state index >= 15 is 0 Å². The van der Waals surface area contributed by atoms with Gasteiger partial charge in [0.2, 0.25) is 0 Å². The number of benzene rings is 1. The highest BCUT2D eigenvalue weighted by Crippen LogP contribution is 2.15. The molecule has 0 saturated carbocycles. The topological polar surface area (TPSA) is 3.24 Å². The molecule has 1 heteroatoms. The minimum atomic E-state index is 1.18. The summed E-state index contributed by atoms with van der Waals surface area (Å²) in [6, 6.07) is 10.3. The molecule has 0 fully saturated rings. The third-order valence-corrected chi connectivity index (χ3v) is 2.03. The summed E-state index contributed by atoms with van der Waals surface area (Å²) in [4.78, 5) is 2.13. The average Bonchev–Trinajstić information content (AvgIpc) is 2.18. The van der Waals surface area contributed by atoms with Gasteiger partial charge in [-0.05, 0) is 25.1 Å². The van der Waals surface area contributed by atoms with Crippen LogP contribution in [0.5, 0.6) is 0 Å². The van der Waals surface area contributed by atoms with Crippen molar-refractivity contribution in [1.82, 2.24) is 0 Å². The van der Waals surface area contributed by atoms with Gasteiger partial charge in [0.1, 0.15) is 0 Å². The second-order valence-corrected chi connectivity index (χ2v) is 2.94. The zero-order valence-corrected chi connectivity index (χ0v) is 8.20. The van der Waals surface area contributed by atoms with E-state index in [1.807, 2.05) is 31.3 Å². The molecule has 1 aromatic rings. The van der Waals surface area contributed by atoms with E-state index in [1.54, 1.807) is 6.08 Å². The summed E-state index contributed by atoms with van der Waals surface area (Å²) in [6.07, 6.45) is 3.79. The Morgan fingerprint density at radius 1 is 1.31 bits per heavy atom. The molecule has 1 rings (SSSR count). The lowest BCUT2D eigenvalue weighted by Gasteiger charge is -2.19.